The van der Waals surface area contributed by atoms with Crippen LogP contribution < -0.4 is 4.72 Å². The summed E-state index contributed by atoms with van der Waals surface area (Å²) in [7, 11) is 0. The highest BCUT2D eigenvalue weighted by Crippen LogP contribution is 2.25. The Kier molecular flexibility index (Phi) is 7.13. The van der Waals surface area contributed by atoms with Gasteiger partial charge in [0.05, 0.1) is 12.2 Å². The van der Waals surface area contributed by atoms with Crippen LogP contribution in [0.3, 0.4) is 0 Å². The normalized spacial score (nSPS) is 34.7. The van der Waals surface area contributed by atoms with Crippen LogP contribution in [0.15, 0.2) is 0 Å². The van der Waals surface area contributed by atoms with Crippen molar-refractivity contribution in [2.24, 2.45) is 0 Å². The molecule has 1 aliphatic rings. The number of hydrogen-bond acceptors (Lipinski definition) is 7. The lowest BCUT2D eigenvalue weighted by atomic mass is 9.96. The highest BCUT2D eigenvalue weighted by molar-refractivity contribution is 7.77. The van der Waals surface area contributed by atoms with Crippen molar-refractivity contribution in [2.45, 2.75) is 63.5 Å². The Bertz CT molecular complexity index is 379. The van der Waals surface area contributed by atoms with Crippen LogP contribution in [-0.2, 0) is 25.5 Å². The molecule has 124 valence electrons. The fourth-order valence-electron chi connectivity index (χ4n) is 1.96. The standard InChI is InChI=1S/C11H21NO8S/c1-5(2)19-11-10(16)9(15)8(14)6(20-11)3-4-7(13)12-21(17)18/h5-6,8-11,14-16H,3-4H2,1-2H3,(H,12,13)(H,17,18)/t6?,8-,9?,10?,11+/m1/s1. The van der Waals surface area contributed by atoms with Crippen LogP contribution in [0.2, 0.25) is 0 Å². The predicted octanol–water partition coefficient (Wildman–Crippen LogP) is -1.75. The van der Waals surface area contributed by atoms with Gasteiger partial charge in [-0.05, 0) is 20.3 Å². The van der Waals surface area contributed by atoms with Gasteiger partial charge in [0.2, 0.25) is 5.91 Å². The van der Waals surface area contributed by atoms with Crippen LogP contribution in [0, 0.1) is 0 Å². The third-order valence-electron chi connectivity index (χ3n) is 2.93. The maximum absolute atomic E-state index is 11.3. The molecule has 0 radical (unpaired) electrons. The summed E-state index contributed by atoms with van der Waals surface area (Å²) in [4.78, 5) is 11.3. The monoisotopic (exact) mass is 327 g/mol. The maximum atomic E-state index is 11.3. The van der Waals surface area contributed by atoms with Crippen molar-refractivity contribution < 1.29 is 38.3 Å². The molecule has 10 heteroatoms. The van der Waals surface area contributed by atoms with Crippen LogP contribution in [0.4, 0.5) is 0 Å². The van der Waals surface area contributed by atoms with Gasteiger partial charge in [0.15, 0.2) is 6.29 Å². The van der Waals surface area contributed by atoms with Crippen LogP contribution in [0.1, 0.15) is 26.7 Å². The molecule has 0 aromatic heterocycles. The first kappa shape index (κ1) is 18.4. The van der Waals surface area contributed by atoms with Crippen molar-refractivity contribution >= 4 is 17.2 Å². The average molecular weight is 327 g/mol. The predicted molar refractivity (Wildman–Crippen MR) is 71.1 cm³/mol. The first-order valence-electron chi connectivity index (χ1n) is 6.47. The Morgan fingerprint density at radius 1 is 1.29 bits per heavy atom. The Hall–Kier alpha value is -0.620. The number of carbonyl (C=O) groups is 1. The zero-order valence-corrected chi connectivity index (χ0v) is 12.5. The number of nitrogens with one attached hydrogen (secondary N) is 1. The van der Waals surface area contributed by atoms with Crippen molar-refractivity contribution in [3.63, 3.8) is 0 Å². The van der Waals surface area contributed by atoms with Crippen molar-refractivity contribution in [2.75, 3.05) is 0 Å². The lowest BCUT2D eigenvalue weighted by Gasteiger charge is -2.40. The maximum Gasteiger partial charge on any atom is 0.261 e. The molecule has 1 amide bonds. The summed E-state index contributed by atoms with van der Waals surface area (Å²) in [5, 5.41) is 29.3. The number of rotatable bonds is 6. The number of aliphatic hydroxyl groups excluding tert-OH is 3. The second-order valence-electron chi connectivity index (χ2n) is 5.01. The number of hydrogen-bond donors (Lipinski definition) is 5. The van der Waals surface area contributed by atoms with E-state index in [-0.39, 0.29) is 18.9 Å². The molecule has 1 saturated heterocycles. The molecule has 9 nitrogen and oxygen atoms in total. The van der Waals surface area contributed by atoms with E-state index in [1.807, 2.05) is 0 Å². The zero-order valence-electron chi connectivity index (χ0n) is 11.7. The summed E-state index contributed by atoms with van der Waals surface area (Å²) >= 11 is -2.46. The lowest BCUT2D eigenvalue weighted by molar-refractivity contribution is -0.305. The molecular weight excluding hydrogens is 306 g/mol. The highest BCUT2D eigenvalue weighted by atomic mass is 32.2. The fraction of sp³-hybridized carbons (Fsp3) is 0.909. The zero-order chi connectivity index (χ0) is 16.2. The van der Waals surface area contributed by atoms with Crippen molar-refractivity contribution in [1.29, 1.82) is 0 Å². The van der Waals surface area contributed by atoms with Crippen LogP contribution in [-0.4, -0.2) is 66.8 Å². The largest absolute Gasteiger partial charge is 0.388 e. The van der Waals surface area contributed by atoms with Gasteiger partial charge in [-0.15, -0.1) is 0 Å². The number of amides is 1. The highest BCUT2D eigenvalue weighted by Gasteiger charge is 2.44. The SMILES string of the molecule is CC(C)O[C@H]1OC(CCC(=O)NS(=O)O)[C@@H](O)C(O)C1O. The van der Waals surface area contributed by atoms with Crippen LogP contribution in [0.5, 0.6) is 0 Å². The van der Waals surface area contributed by atoms with E-state index >= 15 is 0 Å². The summed E-state index contributed by atoms with van der Waals surface area (Å²) in [5.41, 5.74) is 0. The molecule has 0 saturated carbocycles. The van der Waals surface area contributed by atoms with Crippen LogP contribution in [0.25, 0.3) is 0 Å². The van der Waals surface area contributed by atoms with Crippen molar-refractivity contribution in [3.05, 3.63) is 0 Å². The molecule has 21 heavy (non-hydrogen) atoms. The van der Waals surface area contributed by atoms with E-state index in [2.05, 4.69) is 0 Å². The Balaban J connectivity index is 2.59. The Morgan fingerprint density at radius 3 is 2.43 bits per heavy atom. The Morgan fingerprint density at radius 2 is 1.90 bits per heavy atom. The van der Waals surface area contributed by atoms with Gasteiger partial charge in [0.25, 0.3) is 11.3 Å². The fourth-order valence-corrected chi connectivity index (χ4v) is 2.25. The molecule has 0 aromatic rings. The lowest BCUT2D eigenvalue weighted by Crippen LogP contribution is -2.58. The first-order chi connectivity index (χ1) is 9.72. The van der Waals surface area contributed by atoms with E-state index in [9.17, 15) is 24.3 Å². The number of aliphatic hydroxyl groups is 3. The minimum absolute atomic E-state index is 0.00800. The second kappa shape index (κ2) is 8.13. The quantitative estimate of drug-likeness (QED) is 0.361. The molecule has 1 aliphatic heterocycles. The molecule has 1 fully saturated rings. The molecule has 5 N–H and O–H groups in total. The molecule has 4 unspecified atom stereocenters. The molecule has 0 spiro atoms. The minimum Gasteiger partial charge on any atom is -0.388 e. The van der Waals surface area contributed by atoms with Crippen molar-refractivity contribution in [3.8, 4) is 0 Å². The van der Waals surface area contributed by atoms with Gasteiger partial charge >= 0.3 is 0 Å². The first-order valence-corrected chi connectivity index (χ1v) is 7.58. The van der Waals surface area contributed by atoms with Gasteiger partial charge in [-0.1, -0.05) is 0 Å². The molecule has 0 aromatic carbocycles. The number of ether oxygens (including phenoxy) is 2. The van der Waals surface area contributed by atoms with E-state index in [1.165, 1.54) is 0 Å². The van der Waals surface area contributed by atoms with Crippen molar-refractivity contribution in [1.82, 2.24) is 4.72 Å². The van der Waals surface area contributed by atoms with E-state index in [1.54, 1.807) is 18.6 Å². The summed E-state index contributed by atoms with van der Waals surface area (Å²) < 4.78 is 31.3. The molecular formula is C11H21NO8S. The van der Waals surface area contributed by atoms with Gasteiger partial charge in [0.1, 0.15) is 18.3 Å². The molecule has 1 heterocycles. The molecule has 0 bridgehead atoms. The smallest absolute Gasteiger partial charge is 0.261 e. The second-order valence-corrected chi connectivity index (χ2v) is 5.72. The third kappa shape index (κ3) is 5.58. The van der Waals surface area contributed by atoms with Crippen LogP contribution >= 0.6 is 0 Å². The van der Waals surface area contributed by atoms with Gasteiger partial charge in [-0.3, -0.25) is 14.1 Å². The van der Waals surface area contributed by atoms with Gasteiger partial charge in [0, 0.05) is 6.42 Å². The van der Waals surface area contributed by atoms with Gasteiger partial charge in [-0.25, -0.2) is 4.21 Å². The molecule has 6 atom stereocenters. The summed E-state index contributed by atoms with van der Waals surface area (Å²) in [5.74, 6) is -0.700. The van der Waals surface area contributed by atoms with Gasteiger partial charge in [-0.2, -0.15) is 0 Å². The van der Waals surface area contributed by atoms with E-state index in [4.69, 9.17) is 14.0 Å². The van der Waals surface area contributed by atoms with E-state index in [0.717, 1.165) is 0 Å². The number of carbonyl (C=O) groups excluding carboxylic acids is 1. The van der Waals surface area contributed by atoms with E-state index in [0.29, 0.717) is 0 Å². The molecule has 1 rings (SSSR count). The summed E-state index contributed by atoms with van der Waals surface area (Å²) in [6.07, 6.45) is -6.79. The third-order valence-corrected chi connectivity index (χ3v) is 3.33. The van der Waals surface area contributed by atoms with E-state index < -0.39 is 47.9 Å². The summed E-state index contributed by atoms with van der Waals surface area (Å²) in [6.45, 7) is 3.43. The Labute approximate surface area is 124 Å². The average Bonchev–Trinajstić information content (AvgIpc) is 2.36. The van der Waals surface area contributed by atoms with Gasteiger partial charge < -0.3 is 24.8 Å². The molecule has 0 aliphatic carbocycles. The topological polar surface area (TPSA) is 146 Å². The minimum atomic E-state index is -2.46. The summed E-state index contributed by atoms with van der Waals surface area (Å²) in [6, 6.07) is 0.